The van der Waals surface area contributed by atoms with Gasteiger partial charge in [-0.25, -0.2) is 12.8 Å². The maximum atomic E-state index is 14.8. The van der Waals surface area contributed by atoms with Crippen molar-refractivity contribution in [3.05, 3.63) is 131 Å². The van der Waals surface area contributed by atoms with Crippen molar-refractivity contribution in [2.24, 2.45) is 0 Å². The van der Waals surface area contributed by atoms with Crippen LogP contribution in [0.3, 0.4) is 0 Å². The summed E-state index contributed by atoms with van der Waals surface area (Å²) in [7, 11) is -3.64. The number of carbonyl (C=O) groups is 1. The Bertz CT molecular complexity index is 2250. The highest BCUT2D eigenvalue weighted by molar-refractivity contribution is 7.92. The van der Waals surface area contributed by atoms with Gasteiger partial charge in [0.1, 0.15) is 5.82 Å². The van der Waals surface area contributed by atoms with Crippen LogP contribution in [-0.4, -0.2) is 20.6 Å². The molecule has 0 heterocycles. The molecule has 1 aliphatic rings. The lowest BCUT2D eigenvalue weighted by Gasteiger charge is -2.30. The van der Waals surface area contributed by atoms with Crippen molar-refractivity contribution in [1.29, 1.82) is 0 Å². The summed E-state index contributed by atoms with van der Waals surface area (Å²) < 4.78 is 40.2. The summed E-state index contributed by atoms with van der Waals surface area (Å²) in [5, 5.41) is 10.2. The molecule has 2 unspecified atom stereocenters. The van der Waals surface area contributed by atoms with Gasteiger partial charge in [-0.15, -0.1) is 0 Å². The molecular weight excluding hydrogens is 583 g/mol. The molecule has 0 bridgehead atoms. The smallest absolute Gasteiger partial charge is 0.231 e. The van der Waals surface area contributed by atoms with Crippen LogP contribution < -0.4 is 10.0 Å². The molecule has 5 nitrogen and oxygen atoms in total. The molecule has 0 saturated heterocycles. The minimum absolute atomic E-state index is 0.0960. The fourth-order valence-corrected chi connectivity index (χ4v) is 7.48. The van der Waals surface area contributed by atoms with Gasteiger partial charge in [0.25, 0.3) is 0 Å². The lowest BCUT2D eigenvalue weighted by atomic mass is 9.76. The molecule has 1 amide bonds. The number of halogens is 1. The van der Waals surface area contributed by atoms with Gasteiger partial charge in [0.05, 0.1) is 23.5 Å². The van der Waals surface area contributed by atoms with E-state index in [0.717, 1.165) is 47.5 Å². The number of sulfonamides is 1. The van der Waals surface area contributed by atoms with Crippen molar-refractivity contribution in [3.8, 4) is 0 Å². The first-order valence-electron chi connectivity index (χ1n) is 15.2. The fraction of sp³-hybridized carbons (Fsp3) is 0.184. The maximum Gasteiger partial charge on any atom is 0.231 e. The number of rotatable bonds is 6. The van der Waals surface area contributed by atoms with Crippen LogP contribution in [0.15, 0.2) is 103 Å². The molecule has 0 fully saturated rings. The lowest BCUT2D eigenvalue weighted by Crippen LogP contribution is -2.22. The number of hydrogen-bond donors (Lipinski definition) is 2. The highest BCUT2D eigenvalue weighted by Crippen LogP contribution is 2.45. The summed E-state index contributed by atoms with van der Waals surface area (Å²) in [6.07, 6.45) is 3.97. The van der Waals surface area contributed by atoms with Crippen molar-refractivity contribution in [2.45, 2.75) is 38.0 Å². The van der Waals surface area contributed by atoms with Crippen molar-refractivity contribution in [2.75, 3.05) is 16.3 Å². The standard InChI is InChI=1S/C38H33FN2O3S/c1-23(26-16-21-36(35(39)22-26)41-45(2,43)44)38(42)40-37-28-11-6-4-9-25(28)15-18-34(37)30-13-7-12-29-32-17-14-24-8-3-5-10-27(24)31(32)19-20-33(29)30/h3-6,8-11,14-23,30,41H,7,12-13H2,1-2H3,(H,40,42). The van der Waals surface area contributed by atoms with Crippen LogP contribution in [0.1, 0.15) is 53.9 Å². The molecule has 7 heteroatoms. The van der Waals surface area contributed by atoms with E-state index in [1.165, 1.54) is 44.8 Å². The summed E-state index contributed by atoms with van der Waals surface area (Å²) in [4.78, 5) is 13.8. The number of anilines is 2. The zero-order valence-corrected chi connectivity index (χ0v) is 25.9. The topological polar surface area (TPSA) is 75.3 Å². The third kappa shape index (κ3) is 5.42. The molecule has 6 aromatic carbocycles. The van der Waals surface area contributed by atoms with E-state index in [1.807, 2.05) is 24.3 Å². The molecule has 1 aliphatic carbocycles. The summed E-state index contributed by atoms with van der Waals surface area (Å²) in [5.74, 6) is -1.59. The van der Waals surface area contributed by atoms with Gasteiger partial charge in [-0.05, 0) is 87.5 Å². The van der Waals surface area contributed by atoms with E-state index < -0.39 is 21.8 Å². The predicted molar refractivity (Wildman–Crippen MR) is 182 cm³/mol. The quantitative estimate of drug-likeness (QED) is 0.184. The summed E-state index contributed by atoms with van der Waals surface area (Å²) >= 11 is 0. The Morgan fingerprint density at radius 1 is 0.800 bits per heavy atom. The molecular formula is C38H33FN2O3S. The molecule has 0 aromatic heterocycles. The molecule has 0 radical (unpaired) electrons. The van der Waals surface area contributed by atoms with Gasteiger partial charge < -0.3 is 5.32 Å². The molecule has 7 rings (SSSR count). The second-order valence-electron chi connectivity index (χ2n) is 12.0. The van der Waals surface area contributed by atoms with Crippen LogP contribution in [0, 0.1) is 5.82 Å². The SMILES string of the molecule is CC(C(=O)Nc1c(C2CCCc3c2ccc2c3ccc3ccccc32)ccc2ccccc12)c1ccc(NS(C)(=O)=O)c(F)c1. The Labute approximate surface area is 262 Å². The van der Waals surface area contributed by atoms with E-state index in [2.05, 4.69) is 70.7 Å². The normalized spacial score (nSPS) is 15.6. The second kappa shape index (κ2) is 11.3. The third-order valence-corrected chi connectivity index (χ3v) is 9.73. The molecule has 45 heavy (non-hydrogen) atoms. The molecule has 2 N–H and O–H groups in total. The Morgan fingerprint density at radius 3 is 2.22 bits per heavy atom. The second-order valence-corrected chi connectivity index (χ2v) is 13.8. The van der Waals surface area contributed by atoms with Crippen LogP contribution in [0.25, 0.3) is 32.3 Å². The van der Waals surface area contributed by atoms with E-state index in [9.17, 15) is 17.6 Å². The highest BCUT2D eigenvalue weighted by atomic mass is 32.2. The Kier molecular flexibility index (Phi) is 7.29. The van der Waals surface area contributed by atoms with Crippen molar-refractivity contribution >= 4 is 59.6 Å². The van der Waals surface area contributed by atoms with Crippen LogP contribution in [-0.2, 0) is 21.2 Å². The average molecular weight is 617 g/mol. The number of carbonyl (C=O) groups excluding carboxylic acids is 1. The number of hydrogen-bond acceptors (Lipinski definition) is 3. The first kappa shape index (κ1) is 29.0. The Balaban J connectivity index is 1.28. The number of amides is 1. The molecule has 6 aromatic rings. The average Bonchev–Trinajstić information content (AvgIpc) is 3.04. The minimum atomic E-state index is -3.64. The van der Waals surface area contributed by atoms with Crippen LogP contribution in [0.5, 0.6) is 0 Å². The Hall–Kier alpha value is -4.75. The van der Waals surface area contributed by atoms with Crippen molar-refractivity contribution in [3.63, 3.8) is 0 Å². The predicted octanol–water partition coefficient (Wildman–Crippen LogP) is 8.87. The van der Waals surface area contributed by atoms with E-state index in [0.29, 0.717) is 5.56 Å². The zero-order valence-electron chi connectivity index (χ0n) is 25.1. The van der Waals surface area contributed by atoms with E-state index in [-0.39, 0.29) is 17.5 Å². The van der Waals surface area contributed by atoms with Crippen LogP contribution in [0.2, 0.25) is 0 Å². The summed E-state index contributed by atoms with van der Waals surface area (Å²) in [6.45, 7) is 1.73. The fourth-order valence-electron chi connectivity index (χ4n) is 6.92. The molecule has 0 aliphatic heterocycles. The molecule has 226 valence electrons. The van der Waals surface area contributed by atoms with Gasteiger partial charge in [-0.2, -0.15) is 0 Å². The number of aryl methyl sites for hydroxylation is 1. The molecule has 0 spiro atoms. The maximum absolute atomic E-state index is 14.8. The third-order valence-electron chi connectivity index (χ3n) is 9.14. The number of nitrogens with one attached hydrogen (secondary N) is 2. The van der Waals surface area contributed by atoms with Crippen molar-refractivity contribution < 1.29 is 17.6 Å². The number of fused-ring (bicyclic) bond motifs is 6. The van der Waals surface area contributed by atoms with Crippen molar-refractivity contribution in [1.82, 2.24) is 0 Å². The van der Waals surface area contributed by atoms with Gasteiger partial charge >= 0.3 is 0 Å². The summed E-state index contributed by atoms with van der Waals surface area (Å²) in [5.41, 5.74) is 4.80. The first-order chi connectivity index (χ1) is 21.7. The largest absolute Gasteiger partial charge is 0.325 e. The zero-order chi connectivity index (χ0) is 31.3. The van der Waals surface area contributed by atoms with Gasteiger partial charge in [0, 0.05) is 11.3 Å². The minimum Gasteiger partial charge on any atom is -0.325 e. The molecule has 2 atom stereocenters. The van der Waals surface area contributed by atoms with Gasteiger partial charge in [0.15, 0.2) is 0 Å². The lowest BCUT2D eigenvalue weighted by molar-refractivity contribution is -0.117. The number of benzene rings is 6. The van der Waals surface area contributed by atoms with E-state index in [1.54, 1.807) is 13.0 Å². The van der Waals surface area contributed by atoms with Crippen LogP contribution in [0.4, 0.5) is 15.8 Å². The van der Waals surface area contributed by atoms with Crippen LogP contribution >= 0.6 is 0 Å². The first-order valence-corrected chi connectivity index (χ1v) is 17.1. The summed E-state index contributed by atoms with van der Waals surface area (Å²) in [6, 6.07) is 33.9. The van der Waals surface area contributed by atoms with Gasteiger partial charge in [0.2, 0.25) is 15.9 Å². The monoisotopic (exact) mass is 616 g/mol. The van der Waals surface area contributed by atoms with E-state index in [4.69, 9.17) is 0 Å². The van der Waals surface area contributed by atoms with Gasteiger partial charge in [-0.3, -0.25) is 9.52 Å². The highest BCUT2D eigenvalue weighted by Gasteiger charge is 2.28. The van der Waals surface area contributed by atoms with E-state index >= 15 is 0 Å². The van der Waals surface area contributed by atoms with Gasteiger partial charge in [-0.1, -0.05) is 91.0 Å². The molecule has 0 saturated carbocycles. The Morgan fingerprint density at radius 2 is 1.47 bits per heavy atom.